The van der Waals surface area contributed by atoms with Gasteiger partial charge in [-0.1, -0.05) is 23.2 Å². The fourth-order valence-electron chi connectivity index (χ4n) is 1.71. The second kappa shape index (κ2) is 5.67. The van der Waals surface area contributed by atoms with Crippen LogP contribution in [0.5, 0.6) is 5.75 Å². The van der Waals surface area contributed by atoms with Gasteiger partial charge >= 0.3 is 6.03 Å². The Balaban J connectivity index is 2.08. The van der Waals surface area contributed by atoms with E-state index in [0.717, 1.165) is 4.90 Å². The van der Waals surface area contributed by atoms with E-state index in [1.54, 1.807) is 19.1 Å². The van der Waals surface area contributed by atoms with Gasteiger partial charge in [0.15, 0.2) is 6.10 Å². The van der Waals surface area contributed by atoms with Gasteiger partial charge in [0, 0.05) is 24.2 Å². The summed E-state index contributed by atoms with van der Waals surface area (Å²) < 4.78 is 5.46. The number of nitrogens with one attached hydrogen (secondary N) is 1. The summed E-state index contributed by atoms with van der Waals surface area (Å²) in [6, 6.07) is 4.33. The molecule has 2 rings (SSSR count). The standard InChI is InChI=1S/C12H12Cl2N2O3/c1-7(11(17)16-5-4-15-12(16)18)19-10-6-8(13)2-3-9(10)14/h2-3,6-7H,4-5H2,1H3,(H,15,18)/t7-/m1/s1. The number of amides is 3. The van der Waals surface area contributed by atoms with Crippen LogP contribution in [0, 0.1) is 0 Å². The molecule has 0 aliphatic carbocycles. The van der Waals surface area contributed by atoms with Crippen molar-refractivity contribution in [2.45, 2.75) is 13.0 Å². The number of carbonyl (C=O) groups is 2. The summed E-state index contributed by atoms with van der Waals surface area (Å²) in [4.78, 5) is 24.5. The van der Waals surface area contributed by atoms with Crippen LogP contribution in [0.1, 0.15) is 6.92 Å². The fourth-order valence-corrected chi connectivity index (χ4v) is 2.03. The molecule has 1 atom stereocenters. The van der Waals surface area contributed by atoms with E-state index in [4.69, 9.17) is 27.9 Å². The normalized spacial score (nSPS) is 16.2. The summed E-state index contributed by atoms with van der Waals surface area (Å²) in [5.41, 5.74) is 0. The van der Waals surface area contributed by atoms with Gasteiger partial charge in [-0.15, -0.1) is 0 Å². The Hall–Kier alpha value is -1.46. The first-order valence-corrected chi connectivity index (χ1v) is 6.45. The molecule has 7 heteroatoms. The summed E-state index contributed by atoms with van der Waals surface area (Å²) in [7, 11) is 0. The molecule has 1 aliphatic heterocycles. The van der Waals surface area contributed by atoms with Crippen LogP contribution in [-0.2, 0) is 4.79 Å². The molecular formula is C12H12Cl2N2O3. The van der Waals surface area contributed by atoms with Gasteiger partial charge in [-0.2, -0.15) is 0 Å². The molecular weight excluding hydrogens is 291 g/mol. The van der Waals surface area contributed by atoms with Crippen molar-refractivity contribution in [3.05, 3.63) is 28.2 Å². The number of hydrogen-bond acceptors (Lipinski definition) is 3. The maximum atomic E-state index is 12.0. The number of carbonyl (C=O) groups excluding carboxylic acids is 2. The molecule has 0 spiro atoms. The second-order valence-corrected chi connectivity index (χ2v) is 4.90. The maximum Gasteiger partial charge on any atom is 0.324 e. The van der Waals surface area contributed by atoms with Crippen LogP contribution in [0.25, 0.3) is 0 Å². The molecule has 1 aliphatic rings. The van der Waals surface area contributed by atoms with E-state index in [1.807, 2.05) is 0 Å². The zero-order valence-corrected chi connectivity index (χ0v) is 11.7. The van der Waals surface area contributed by atoms with Crippen molar-refractivity contribution in [3.63, 3.8) is 0 Å². The summed E-state index contributed by atoms with van der Waals surface area (Å²) in [6.45, 7) is 2.36. The Morgan fingerprint density at radius 2 is 2.21 bits per heavy atom. The molecule has 0 unspecified atom stereocenters. The zero-order chi connectivity index (χ0) is 14.0. The van der Waals surface area contributed by atoms with Gasteiger partial charge in [0.25, 0.3) is 5.91 Å². The molecule has 1 fully saturated rings. The van der Waals surface area contributed by atoms with Crippen LogP contribution < -0.4 is 10.1 Å². The lowest BCUT2D eigenvalue weighted by Gasteiger charge is -2.19. The highest BCUT2D eigenvalue weighted by Crippen LogP contribution is 2.28. The molecule has 0 radical (unpaired) electrons. The predicted octanol–water partition coefficient (Wildman–Crippen LogP) is 2.31. The molecule has 1 heterocycles. The van der Waals surface area contributed by atoms with Crippen molar-refractivity contribution < 1.29 is 14.3 Å². The number of hydrogen-bond donors (Lipinski definition) is 1. The van der Waals surface area contributed by atoms with Crippen LogP contribution in [0.4, 0.5) is 4.79 Å². The van der Waals surface area contributed by atoms with Crippen molar-refractivity contribution in [1.82, 2.24) is 10.2 Å². The SMILES string of the molecule is C[C@@H](Oc1cc(Cl)ccc1Cl)C(=O)N1CCNC1=O. The Labute approximate surface area is 120 Å². The second-order valence-electron chi connectivity index (χ2n) is 4.06. The smallest absolute Gasteiger partial charge is 0.324 e. The maximum absolute atomic E-state index is 12.0. The highest BCUT2D eigenvalue weighted by Gasteiger charge is 2.30. The first-order valence-electron chi connectivity index (χ1n) is 5.70. The number of urea groups is 1. The number of rotatable bonds is 3. The molecule has 3 amide bonds. The Morgan fingerprint density at radius 3 is 2.84 bits per heavy atom. The zero-order valence-electron chi connectivity index (χ0n) is 10.2. The van der Waals surface area contributed by atoms with Crippen LogP contribution in [0.2, 0.25) is 10.0 Å². The number of imide groups is 1. The van der Waals surface area contributed by atoms with Gasteiger partial charge < -0.3 is 10.1 Å². The van der Waals surface area contributed by atoms with E-state index >= 15 is 0 Å². The average molecular weight is 303 g/mol. The molecule has 0 aromatic heterocycles. The van der Waals surface area contributed by atoms with Crippen LogP contribution in [0.3, 0.4) is 0 Å². The third kappa shape index (κ3) is 3.11. The van der Waals surface area contributed by atoms with Crippen LogP contribution in [0.15, 0.2) is 18.2 Å². The third-order valence-electron chi connectivity index (χ3n) is 2.67. The monoisotopic (exact) mass is 302 g/mol. The van der Waals surface area contributed by atoms with Gasteiger partial charge in [-0.25, -0.2) is 4.79 Å². The fraction of sp³-hybridized carbons (Fsp3) is 0.333. The Kier molecular flexibility index (Phi) is 4.17. The van der Waals surface area contributed by atoms with Crippen LogP contribution in [-0.4, -0.2) is 36.0 Å². The van der Waals surface area contributed by atoms with E-state index < -0.39 is 18.0 Å². The Morgan fingerprint density at radius 1 is 1.47 bits per heavy atom. The van der Waals surface area contributed by atoms with Gasteiger partial charge in [0.05, 0.1) is 5.02 Å². The quantitative estimate of drug-likeness (QED) is 0.932. The van der Waals surface area contributed by atoms with Crippen molar-refractivity contribution in [3.8, 4) is 5.75 Å². The van der Waals surface area contributed by atoms with Gasteiger partial charge in [-0.3, -0.25) is 9.69 Å². The summed E-state index contributed by atoms with van der Waals surface area (Å²) in [5.74, 6) is -0.0966. The lowest BCUT2D eigenvalue weighted by molar-refractivity contribution is -0.134. The summed E-state index contributed by atoms with van der Waals surface area (Å²) in [6.07, 6.45) is -0.820. The summed E-state index contributed by atoms with van der Waals surface area (Å²) in [5, 5.41) is 3.37. The highest BCUT2D eigenvalue weighted by atomic mass is 35.5. The molecule has 102 valence electrons. The minimum absolute atomic E-state index is 0.314. The third-order valence-corrected chi connectivity index (χ3v) is 3.21. The molecule has 19 heavy (non-hydrogen) atoms. The van der Waals surface area contributed by atoms with Crippen LogP contribution >= 0.6 is 23.2 Å². The van der Waals surface area contributed by atoms with Gasteiger partial charge in [0.1, 0.15) is 5.75 Å². The van der Waals surface area contributed by atoms with E-state index in [-0.39, 0.29) is 0 Å². The number of ether oxygens (including phenoxy) is 1. The predicted molar refractivity (Wildman–Crippen MR) is 71.7 cm³/mol. The van der Waals surface area contributed by atoms with E-state index in [2.05, 4.69) is 5.32 Å². The molecule has 1 aromatic carbocycles. The molecule has 5 nitrogen and oxygen atoms in total. The molecule has 1 aromatic rings. The molecule has 0 bridgehead atoms. The largest absolute Gasteiger partial charge is 0.479 e. The van der Waals surface area contributed by atoms with E-state index in [1.165, 1.54) is 6.07 Å². The topological polar surface area (TPSA) is 58.6 Å². The minimum Gasteiger partial charge on any atom is -0.479 e. The highest BCUT2D eigenvalue weighted by molar-refractivity contribution is 6.34. The lowest BCUT2D eigenvalue weighted by atomic mass is 10.3. The lowest BCUT2D eigenvalue weighted by Crippen LogP contribution is -2.42. The number of halogens is 2. The molecule has 1 saturated heterocycles. The molecule has 1 N–H and O–H groups in total. The first-order chi connectivity index (χ1) is 8.99. The summed E-state index contributed by atoms with van der Waals surface area (Å²) >= 11 is 11.8. The van der Waals surface area contributed by atoms with Crippen molar-refractivity contribution in [2.24, 2.45) is 0 Å². The number of nitrogens with zero attached hydrogens (tertiary/aromatic N) is 1. The van der Waals surface area contributed by atoms with E-state index in [0.29, 0.717) is 28.9 Å². The number of benzene rings is 1. The first kappa shape index (κ1) is 14.0. The molecule has 0 saturated carbocycles. The van der Waals surface area contributed by atoms with Crippen molar-refractivity contribution >= 4 is 35.1 Å². The van der Waals surface area contributed by atoms with Crippen molar-refractivity contribution in [1.29, 1.82) is 0 Å². The van der Waals surface area contributed by atoms with Gasteiger partial charge in [-0.05, 0) is 19.1 Å². The minimum atomic E-state index is -0.820. The van der Waals surface area contributed by atoms with Gasteiger partial charge in [0.2, 0.25) is 0 Å². The van der Waals surface area contributed by atoms with E-state index in [9.17, 15) is 9.59 Å². The van der Waals surface area contributed by atoms with Crippen molar-refractivity contribution in [2.75, 3.05) is 13.1 Å². The Bertz CT molecular complexity index is 522. The average Bonchev–Trinajstić information content (AvgIpc) is 2.79.